The number of thiophene rings is 1. The van der Waals surface area contributed by atoms with E-state index in [4.69, 9.17) is 5.73 Å². The van der Waals surface area contributed by atoms with Gasteiger partial charge in [-0.1, -0.05) is 24.2 Å². The zero-order valence-corrected chi connectivity index (χ0v) is 10.4. The van der Waals surface area contributed by atoms with Crippen molar-refractivity contribution in [2.75, 3.05) is 0 Å². The second-order valence-corrected chi connectivity index (χ2v) is 4.94. The van der Waals surface area contributed by atoms with Gasteiger partial charge in [-0.25, -0.2) is 0 Å². The van der Waals surface area contributed by atoms with Gasteiger partial charge in [-0.2, -0.15) is 0 Å². The van der Waals surface area contributed by atoms with Crippen LogP contribution in [0.1, 0.15) is 37.3 Å². The monoisotopic (exact) mass is 262 g/mol. The molecule has 0 amide bonds. The van der Waals surface area contributed by atoms with Gasteiger partial charge >= 0.3 is 5.00 Å². The molecule has 1 heterocycles. The Hall–Kier alpha value is -0.650. The van der Waals surface area contributed by atoms with Gasteiger partial charge in [0, 0.05) is 17.5 Å². The smallest absolute Gasteiger partial charge is 0.324 e. The molecule has 1 aromatic heterocycles. The molecule has 1 aromatic rings. The summed E-state index contributed by atoms with van der Waals surface area (Å²) in [6.45, 7) is 0. The lowest BCUT2D eigenvalue weighted by Crippen LogP contribution is -2.18. The molecule has 0 saturated heterocycles. The minimum Gasteiger partial charge on any atom is -0.324 e. The van der Waals surface area contributed by atoms with E-state index in [-0.39, 0.29) is 28.4 Å². The number of hydrogen-bond acceptors (Lipinski definition) is 4. The van der Waals surface area contributed by atoms with Gasteiger partial charge in [0.05, 0.1) is 4.92 Å². The van der Waals surface area contributed by atoms with Crippen molar-refractivity contribution in [2.24, 2.45) is 11.7 Å². The first-order valence-corrected chi connectivity index (χ1v) is 6.05. The second-order valence-electron chi connectivity index (χ2n) is 4.05. The molecular formula is C10H15ClN2O2S. The van der Waals surface area contributed by atoms with E-state index in [2.05, 4.69) is 0 Å². The largest absolute Gasteiger partial charge is 0.324 e. The molecule has 2 rings (SSSR count). The Balaban J connectivity index is 0.00000128. The van der Waals surface area contributed by atoms with Crippen LogP contribution in [0.2, 0.25) is 0 Å². The summed E-state index contributed by atoms with van der Waals surface area (Å²) in [4.78, 5) is 10.2. The Bertz CT molecular complexity index is 363. The third-order valence-electron chi connectivity index (χ3n) is 3.08. The Morgan fingerprint density at radius 3 is 2.62 bits per heavy atom. The number of rotatable bonds is 3. The molecule has 0 spiro atoms. The van der Waals surface area contributed by atoms with Crippen molar-refractivity contribution in [1.29, 1.82) is 0 Å². The maximum atomic E-state index is 10.5. The first-order chi connectivity index (χ1) is 7.18. The van der Waals surface area contributed by atoms with Crippen LogP contribution in [0.15, 0.2) is 11.4 Å². The number of nitro groups is 1. The zero-order chi connectivity index (χ0) is 10.8. The van der Waals surface area contributed by atoms with Gasteiger partial charge in [0.15, 0.2) is 0 Å². The molecule has 1 aliphatic rings. The molecule has 90 valence electrons. The fourth-order valence-corrected chi connectivity index (χ4v) is 2.97. The fourth-order valence-electron chi connectivity index (χ4n) is 2.20. The summed E-state index contributed by atoms with van der Waals surface area (Å²) in [5.41, 5.74) is 7.03. The van der Waals surface area contributed by atoms with Crippen LogP contribution in [0, 0.1) is 16.0 Å². The van der Waals surface area contributed by atoms with Gasteiger partial charge in [0.25, 0.3) is 0 Å². The molecular weight excluding hydrogens is 248 g/mol. The maximum Gasteiger partial charge on any atom is 0.324 e. The van der Waals surface area contributed by atoms with Crippen LogP contribution in [0.25, 0.3) is 0 Å². The minimum absolute atomic E-state index is 0. The van der Waals surface area contributed by atoms with E-state index in [0.717, 1.165) is 18.4 Å². The first kappa shape index (κ1) is 13.4. The van der Waals surface area contributed by atoms with Crippen molar-refractivity contribution in [3.05, 3.63) is 27.1 Å². The Kier molecular flexibility index (Phi) is 4.70. The summed E-state index contributed by atoms with van der Waals surface area (Å²) in [6.07, 6.45) is 4.80. The summed E-state index contributed by atoms with van der Waals surface area (Å²) < 4.78 is 0. The highest BCUT2D eigenvalue weighted by Gasteiger charge is 2.25. The van der Waals surface area contributed by atoms with Crippen LogP contribution >= 0.6 is 23.7 Å². The average molecular weight is 263 g/mol. The normalized spacial score (nSPS) is 18.1. The first-order valence-electron chi connectivity index (χ1n) is 5.17. The predicted molar refractivity (Wildman–Crippen MR) is 67.1 cm³/mol. The van der Waals surface area contributed by atoms with Crippen LogP contribution < -0.4 is 5.73 Å². The molecule has 1 fully saturated rings. The van der Waals surface area contributed by atoms with E-state index in [1.165, 1.54) is 24.2 Å². The summed E-state index contributed by atoms with van der Waals surface area (Å²) >= 11 is 1.17. The zero-order valence-electron chi connectivity index (χ0n) is 8.80. The van der Waals surface area contributed by atoms with E-state index in [0.29, 0.717) is 5.92 Å². The average Bonchev–Trinajstić information content (AvgIpc) is 2.88. The van der Waals surface area contributed by atoms with Gasteiger partial charge in [0.2, 0.25) is 0 Å². The standard InChI is InChI=1S/C10H14N2O2S.ClH/c11-10(7-3-1-2-4-7)8-5-9(12(13)14)15-6-8;/h5-7,10H,1-4,11H2;1H/t10-;/m0./s1. The SMILES string of the molecule is Cl.N[C@H](c1csc([N+](=O)[O-])c1)C1CCCC1. The summed E-state index contributed by atoms with van der Waals surface area (Å²) in [6, 6.07) is 1.60. The topological polar surface area (TPSA) is 69.2 Å². The Morgan fingerprint density at radius 2 is 2.12 bits per heavy atom. The molecule has 1 atom stereocenters. The highest BCUT2D eigenvalue weighted by molar-refractivity contribution is 7.13. The third kappa shape index (κ3) is 2.72. The molecule has 6 heteroatoms. The van der Waals surface area contributed by atoms with E-state index in [1.54, 1.807) is 6.07 Å². The molecule has 2 N–H and O–H groups in total. The van der Waals surface area contributed by atoms with Gasteiger partial charge in [-0.05, 0) is 24.3 Å². The van der Waals surface area contributed by atoms with E-state index < -0.39 is 0 Å². The van der Waals surface area contributed by atoms with Crippen LogP contribution in [-0.2, 0) is 0 Å². The third-order valence-corrected chi connectivity index (χ3v) is 3.98. The summed E-state index contributed by atoms with van der Waals surface area (Å²) in [5.74, 6) is 0.513. The quantitative estimate of drug-likeness (QED) is 0.671. The van der Waals surface area contributed by atoms with E-state index in [1.807, 2.05) is 5.38 Å². The predicted octanol–water partition coefficient (Wildman–Crippen LogP) is 3.27. The maximum absolute atomic E-state index is 10.5. The van der Waals surface area contributed by atoms with Crippen molar-refractivity contribution in [1.82, 2.24) is 0 Å². The molecule has 16 heavy (non-hydrogen) atoms. The molecule has 0 radical (unpaired) electrons. The highest BCUT2D eigenvalue weighted by Crippen LogP contribution is 2.36. The van der Waals surface area contributed by atoms with E-state index in [9.17, 15) is 10.1 Å². The summed E-state index contributed by atoms with van der Waals surface area (Å²) in [5, 5.41) is 12.5. The molecule has 0 aromatic carbocycles. The van der Waals surface area contributed by atoms with Crippen molar-refractivity contribution >= 4 is 28.7 Å². The lowest BCUT2D eigenvalue weighted by atomic mass is 9.94. The van der Waals surface area contributed by atoms with Crippen LogP contribution in [0.3, 0.4) is 0 Å². The second kappa shape index (κ2) is 5.61. The molecule has 0 unspecified atom stereocenters. The fraction of sp³-hybridized carbons (Fsp3) is 0.600. The van der Waals surface area contributed by atoms with Crippen molar-refractivity contribution in [3.63, 3.8) is 0 Å². The number of nitrogens with two attached hydrogens (primary N) is 1. The lowest BCUT2D eigenvalue weighted by Gasteiger charge is -2.16. The van der Waals surface area contributed by atoms with E-state index >= 15 is 0 Å². The highest BCUT2D eigenvalue weighted by atomic mass is 35.5. The summed E-state index contributed by atoms with van der Waals surface area (Å²) in [7, 11) is 0. The molecule has 0 aliphatic heterocycles. The van der Waals surface area contributed by atoms with Crippen molar-refractivity contribution in [3.8, 4) is 0 Å². The van der Waals surface area contributed by atoms with Gasteiger partial charge in [-0.3, -0.25) is 10.1 Å². The molecule has 4 nitrogen and oxygen atoms in total. The van der Waals surface area contributed by atoms with Crippen LogP contribution in [0.4, 0.5) is 5.00 Å². The molecule has 1 aliphatic carbocycles. The van der Waals surface area contributed by atoms with Crippen molar-refractivity contribution in [2.45, 2.75) is 31.7 Å². The van der Waals surface area contributed by atoms with Gasteiger partial charge < -0.3 is 5.73 Å². The number of hydrogen-bond donors (Lipinski definition) is 1. The Labute approximate surface area is 104 Å². The molecule has 0 bridgehead atoms. The van der Waals surface area contributed by atoms with Crippen LogP contribution in [-0.4, -0.2) is 4.92 Å². The number of halogens is 1. The van der Waals surface area contributed by atoms with Crippen molar-refractivity contribution < 1.29 is 4.92 Å². The number of nitrogens with zero attached hydrogens (tertiary/aromatic N) is 1. The van der Waals surface area contributed by atoms with Crippen LogP contribution in [0.5, 0.6) is 0 Å². The Morgan fingerprint density at radius 1 is 1.50 bits per heavy atom. The van der Waals surface area contributed by atoms with Gasteiger partial charge in [0.1, 0.15) is 0 Å². The molecule has 1 saturated carbocycles. The minimum atomic E-state index is -0.352. The lowest BCUT2D eigenvalue weighted by molar-refractivity contribution is -0.380. The van der Waals surface area contributed by atoms with Gasteiger partial charge in [-0.15, -0.1) is 12.4 Å².